The van der Waals surface area contributed by atoms with Gasteiger partial charge in [0.15, 0.2) is 0 Å². The monoisotopic (exact) mass is 295 g/mol. The molecule has 1 atom stereocenters. The number of amides is 1. The second kappa shape index (κ2) is 5.58. The molecule has 0 bridgehead atoms. The van der Waals surface area contributed by atoms with E-state index in [1.807, 2.05) is 0 Å². The highest BCUT2D eigenvalue weighted by Crippen LogP contribution is 2.27. The topological polar surface area (TPSA) is 57.6 Å². The minimum absolute atomic E-state index is 0.330. The number of aliphatic carboxylic acids is 1. The van der Waals surface area contributed by atoms with Crippen molar-refractivity contribution >= 4 is 33.3 Å². The third-order valence-corrected chi connectivity index (χ3v) is 4.25. The molecule has 20 heavy (non-hydrogen) atoms. The highest BCUT2D eigenvalue weighted by atomic mass is 32.1. The zero-order chi connectivity index (χ0) is 14.9. The summed E-state index contributed by atoms with van der Waals surface area (Å²) in [5.74, 6) is -1.75. The van der Waals surface area contributed by atoms with Gasteiger partial charge in [-0.2, -0.15) is 0 Å². The predicted octanol–water partition coefficient (Wildman–Crippen LogP) is 2.98. The number of thiophene rings is 1. The molecule has 0 aliphatic heterocycles. The fourth-order valence-corrected chi connectivity index (χ4v) is 3.08. The minimum Gasteiger partial charge on any atom is -0.480 e. The minimum atomic E-state index is -1.03. The van der Waals surface area contributed by atoms with Crippen molar-refractivity contribution in [3.63, 3.8) is 0 Å². The van der Waals surface area contributed by atoms with Crippen molar-refractivity contribution in [3.05, 3.63) is 35.0 Å². The number of benzene rings is 1. The summed E-state index contributed by atoms with van der Waals surface area (Å²) in [6, 6.07) is 5.04. The van der Waals surface area contributed by atoms with Crippen molar-refractivity contribution < 1.29 is 19.1 Å². The number of carboxylic acid groups (broad SMARTS) is 1. The summed E-state index contributed by atoms with van der Waals surface area (Å²) in [6.45, 7) is 1.71. The van der Waals surface area contributed by atoms with Crippen LogP contribution >= 0.6 is 11.3 Å². The molecule has 0 aliphatic rings. The van der Waals surface area contributed by atoms with Crippen LogP contribution in [-0.4, -0.2) is 35.0 Å². The zero-order valence-corrected chi connectivity index (χ0v) is 11.9. The Balaban J connectivity index is 2.33. The Kier molecular flexibility index (Phi) is 4.04. The van der Waals surface area contributed by atoms with Gasteiger partial charge in [-0.15, -0.1) is 11.3 Å². The molecule has 6 heteroatoms. The van der Waals surface area contributed by atoms with Crippen LogP contribution < -0.4 is 0 Å². The second-order valence-electron chi connectivity index (χ2n) is 4.47. The number of nitrogens with zero attached hydrogens (tertiary/aromatic N) is 1. The number of halogens is 1. The SMILES string of the molecule is CCC(C(=O)O)N(C)C(=O)c1cc2cc(F)ccc2s1. The first-order chi connectivity index (χ1) is 9.43. The average Bonchev–Trinajstić information content (AvgIpc) is 2.80. The maximum Gasteiger partial charge on any atom is 0.326 e. The first-order valence-corrected chi connectivity index (χ1v) is 6.94. The van der Waals surface area contributed by atoms with E-state index >= 15 is 0 Å². The van der Waals surface area contributed by atoms with Crippen LogP contribution in [0.5, 0.6) is 0 Å². The Hall–Kier alpha value is -1.95. The first kappa shape index (κ1) is 14.5. The number of rotatable bonds is 4. The smallest absolute Gasteiger partial charge is 0.326 e. The molecule has 2 rings (SSSR count). The summed E-state index contributed by atoms with van der Waals surface area (Å²) in [5.41, 5.74) is 0. The van der Waals surface area contributed by atoms with E-state index < -0.39 is 12.0 Å². The van der Waals surface area contributed by atoms with Crippen LogP contribution in [0.1, 0.15) is 23.0 Å². The van der Waals surface area contributed by atoms with Gasteiger partial charge in [0.2, 0.25) is 0 Å². The highest BCUT2D eigenvalue weighted by Gasteiger charge is 2.26. The van der Waals surface area contributed by atoms with Crippen molar-refractivity contribution in [3.8, 4) is 0 Å². The van der Waals surface area contributed by atoms with Gasteiger partial charge in [-0.05, 0) is 36.1 Å². The molecular formula is C14H14FNO3S. The molecular weight excluding hydrogens is 281 g/mol. The number of fused-ring (bicyclic) bond motifs is 1. The largest absolute Gasteiger partial charge is 0.480 e. The van der Waals surface area contributed by atoms with Crippen LogP contribution in [0.2, 0.25) is 0 Å². The first-order valence-electron chi connectivity index (χ1n) is 6.13. The second-order valence-corrected chi connectivity index (χ2v) is 5.55. The molecule has 1 heterocycles. The zero-order valence-electron chi connectivity index (χ0n) is 11.1. The number of hydrogen-bond donors (Lipinski definition) is 1. The molecule has 0 spiro atoms. The van der Waals surface area contributed by atoms with Gasteiger partial charge in [0.25, 0.3) is 5.91 Å². The van der Waals surface area contributed by atoms with E-state index in [0.717, 1.165) is 4.70 Å². The summed E-state index contributed by atoms with van der Waals surface area (Å²) in [4.78, 5) is 25.0. The van der Waals surface area contributed by atoms with E-state index in [1.165, 1.54) is 35.4 Å². The Bertz CT molecular complexity index is 667. The summed E-state index contributed by atoms with van der Waals surface area (Å²) in [5, 5.41) is 9.72. The molecule has 0 saturated carbocycles. The Morgan fingerprint density at radius 2 is 2.10 bits per heavy atom. The molecule has 0 aliphatic carbocycles. The molecule has 0 saturated heterocycles. The molecule has 1 unspecified atom stereocenters. The molecule has 2 aromatic rings. The van der Waals surface area contributed by atoms with E-state index in [9.17, 15) is 14.0 Å². The number of carboxylic acids is 1. The van der Waals surface area contributed by atoms with E-state index in [1.54, 1.807) is 19.1 Å². The fourth-order valence-electron chi connectivity index (χ4n) is 2.05. The van der Waals surface area contributed by atoms with E-state index in [2.05, 4.69) is 0 Å². The van der Waals surface area contributed by atoms with E-state index in [4.69, 9.17) is 5.11 Å². The Labute approximate surface area is 119 Å². The van der Waals surface area contributed by atoms with Crippen LogP contribution in [0, 0.1) is 5.82 Å². The van der Waals surface area contributed by atoms with Crippen LogP contribution in [0.25, 0.3) is 10.1 Å². The van der Waals surface area contributed by atoms with Gasteiger partial charge < -0.3 is 10.0 Å². The summed E-state index contributed by atoms with van der Waals surface area (Å²) < 4.78 is 13.9. The summed E-state index contributed by atoms with van der Waals surface area (Å²) in [6.07, 6.45) is 0.330. The number of carbonyl (C=O) groups is 2. The lowest BCUT2D eigenvalue weighted by Crippen LogP contribution is -2.41. The molecule has 1 aromatic heterocycles. The molecule has 1 aromatic carbocycles. The van der Waals surface area contributed by atoms with Crippen molar-refractivity contribution in [2.75, 3.05) is 7.05 Å². The normalized spacial score (nSPS) is 12.3. The maximum atomic E-state index is 13.1. The van der Waals surface area contributed by atoms with Crippen LogP contribution in [0.4, 0.5) is 4.39 Å². The van der Waals surface area contributed by atoms with Gasteiger partial charge in [0.1, 0.15) is 11.9 Å². The third kappa shape index (κ3) is 2.65. The van der Waals surface area contributed by atoms with Gasteiger partial charge in [-0.25, -0.2) is 9.18 Å². The summed E-state index contributed by atoms with van der Waals surface area (Å²) >= 11 is 1.23. The Morgan fingerprint density at radius 3 is 2.70 bits per heavy atom. The average molecular weight is 295 g/mol. The standard InChI is InChI=1S/C14H14FNO3S/c1-3-10(14(18)19)16(2)13(17)12-7-8-6-9(15)4-5-11(8)20-12/h4-7,10H,3H2,1-2H3,(H,18,19). The fraction of sp³-hybridized carbons (Fsp3) is 0.286. The van der Waals surface area contributed by atoms with Gasteiger partial charge >= 0.3 is 5.97 Å². The van der Waals surface area contributed by atoms with Crippen molar-refractivity contribution in [2.45, 2.75) is 19.4 Å². The maximum absolute atomic E-state index is 13.1. The molecule has 1 N–H and O–H groups in total. The molecule has 1 amide bonds. The van der Waals surface area contributed by atoms with Gasteiger partial charge in [-0.1, -0.05) is 6.92 Å². The number of carbonyl (C=O) groups excluding carboxylic acids is 1. The third-order valence-electron chi connectivity index (χ3n) is 3.15. The lowest BCUT2D eigenvalue weighted by molar-refractivity contribution is -0.142. The van der Waals surface area contributed by atoms with Crippen LogP contribution in [0.15, 0.2) is 24.3 Å². The Morgan fingerprint density at radius 1 is 1.40 bits per heavy atom. The van der Waals surface area contributed by atoms with Gasteiger partial charge in [-0.3, -0.25) is 4.79 Å². The number of hydrogen-bond acceptors (Lipinski definition) is 3. The van der Waals surface area contributed by atoms with Crippen LogP contribution in [0.3, 0.4) is 0 Å². The lowest BCUT2D eigenvalue weighted by atomic mass is 10.2. The molecule has 106 valence electrons. The lowest BCUT2D eigenvalue weighted by Gasteiger charge is -2.22. The molecule has 4 nitrogen and oxygen atoms in total. The predicted molar refractivity (Wildman–Crippen MR) is 75.6 cm³/mol. The van der Waals surface area contributed by atoms with Crippen molar-refractivity contribution in [2.24, 2.45) is 0 Å². The highest BCUT2D eigenvalue weighted by molar-refractivity contribution is 7.20. The molecule has 0 fully saturated rings. The van der Waals surface area contributed by atoms with Gasteiger partial charge in [0.05, 0.1) is 4.88 Å². The molecule has 0 radical (unpaired) electrons. The van der Waals surface area contributed by atoms with E-state index in [0.29, 0.717) is 16.7 Å². The van der Waals surface area contributed by atoms with Crippen molar-refractivity contribution in [1.29, 1.82) is 0 Å². The van der Waals surface area contributed by atoms with E-state index in [-0.39, 0.29) is 11.7 Å². The number of likely N-dealkylation sites (N-methyl/N-ethyl adjacent to an activating group) is 1. The summed E-state index contributed by atoms with van der Waals surface area (Å²) in [7, 11) is 1.47. The quantitative estimate of drug-likeness (QED) is 0.943. The van der Waals surface area contributed by atoms with Crippen molar-refractivity contribution in [1.82, 2.24) is 4.90 Å². The van der Waals surface area contributed by atoms with Crippen LogP contribution in [-0.2, 0) is 4.79 Å². The van der Waals surface area contributed by atoms with Gasteiger partial charge in [0, 0.05) is 11.7 Å².